The number of rotatable bonds is 5. The third-order valence-electron chi connectivity index (χ3n) is 4.03. The van der Waals surface area contributed by atoms with E-state index in [4.69, 9.17) is 4.74 Å². The standard InChI is InChI=1S/C19H19N3O3S2/c1-11-5-4-6-16(12(11)2)25-13(3)17(23)21-22-18(24)15-10-27-19(20-15)14-7-8-26-9-14/h4-10,13H,1-3H3,(H,21,23)(H,22,24)/t13-/m1/s1. The van der Waals surface area contributed by atoms with Gasteiger partial charge in [0.25, 0.3) is 11.8 Å². The summed E-state index contributed by atoms with van der Waals surface area (Å²) < 4.78 is 5.70. The molecule has 6 nitrogen and oxygen atoms in total. The summed E-state index contributed by atoms with van der Waals surface area (Å²) in [5.41, 5.74) is 8.05. The van der Waals surface area contributed by atoms with Crippen LogP contribution >= 0.6 is 22.7 Å². The summed E-state index contributed by atoms with van der Waals surface area (Å²) in [6.45, 7) is 5.54. The molecule has 0 spiro atoms. The van der Waals surface area contributed by atoms with Gasteiger partial charge in [-0.05, 0) is 49.4 Å². The molecule has 0 saturated carbocycles. The Morgan fingerprint density at radius 3 is 2.70 bits per heavy atom. The first-order valence-corrected chi connectivity index (χ1v) is 10.1. The molecule has 3 rings (SSSR count). The number of aryl methyl sites for hydroxylation is 1. The minimum atomic E-state index is -0.761. The molecular weight excluding hydrogens is 382 g/mol. The van der Waals surface area contributed by atoms with Gasteiger partial charge in [0, 0.05) is 16.3 Å². The Labute approximate surface area is 165 Å². The molecule has 1 aromatic carbocycles. The van der Waals surface area contributed by atoms with E-state index in [1.54, 1.807) is 23.6 Å². The number of thiazole rings is 1. The van der Waals surface area contributed by atoms with Crippen molar-refractivity contribution in [1.82, 2.24) is 15.8 Å². The van der Waals surface area contributed by atoms with Gasteiger partial charge in [0.15, 0.2) is 6.10 Å². The van der Waals surface area contributed by atoms with Crippen molar-refractivity contribution in [2.45, 2.75) is 26.9 Å². The van der Waals surface area contributed by atoms with Gasteiger partial charge in [-0.2, -0.15) is 11.3 Å². The number of carbonyl (C=O) groups excluding carboxylic acids is 2. The molecule has 0 fully saturated rings. The molecule has 0 unspecified atom stereocenters. The lowest BCUT2D eigenvalue weighted by molar-refractivity contribution is -0.128. The van der Waals surface area contributed by atoms with Crippen LogP contribution in [0.4, 0.5) is 0 Å². The predicted octanol–water partition coefficient (Wildman–Crippen LogP) is 3.72. The number of hydrogen-bond acceptors (Lipinski definition) is 6. The van der Waals surface area contributed by atoms with Gasteiger partial charge in [0.1, 0.15) is 16.5 Å². The van der Waals surface area contributed by atoms with E-state index in [1.807, 2.05) is 48.9 Å². The molecular formula is C19H19N3O3S2. The van der Waals surface area contributed by atoms with Crippen LogP contribution in [0.25, 0.3) is 10.6 Å². The van der Waals surface area contributed by atoms with Crippen LogP contribution in [0, 0.1) is 13.8 Å². The largest absolute Gasteiger partial charge is 0.481 e. The normalized spacial score (nSPS) is 11.7. The van der Waals surface area contributed by atoms with E-state index >= 15 is 0 Å². The lowest BCUT2D eigenvalue weighted by atomic mass is 10.1. The number of ether oxygens (including phenoxy) is 1. The number of aromatic nitrogens is 1. The fraction of sp³-hybridized carbons (Fsp3) is 0.211. The lowest BCUT2D eigenvalue weighted by Gasteiger charge is -2.17. The molecule has 0 saturated heterocycles. The first-order valence-electron chi connectivity index (χ1n) is 8.27. The van der Waals surface area contributed by atoms with Crippen molar-refractivity contribution in [2.75, 3.05) is 0 Å². The Balaban J connectivity index is 1.55. The predicted molar refractivity (Wildman–Crippen MR) is 107 cm³/mol. The maximum absolute atomic E-state index is 12.2. The van der Waals surface area contributed by atoms with Crippen molar-refractivity contribution in [3.63, 3.8) is 0 Å². The summed E-state index contributed by atoms with van der Waals surface area (Å²) in [4.78, 5) is 28.7. The van der Waals surface area contributed by atoms with E-state index in [0.717, 1.165) is 21.7 Å². The Kier molecular flexibility index (Phi) is 5.88. The van der Waals surface area contributed by atoms with Crippen molar-refractivity contribution in [1.29, 1.82) is 0 Å². The molecule has 0 bridgehead atoms. The number of benzene rings is 1. The minimum Gasteiger partial charge on any atom is -0.481 e. The smallest absolute Gasteiger partial charge is 0.289 e. The molecule has 2 heterocycles. The molecule has 2 N–H and O–H groups in total. The number of hydrazine groups is 1. The Bertz CT molecular complexity index is 951. The highest BCUT2D eigenvalue weighted by Crippen LogP contribution is 2.25. The number of nitrogens with one attached hydrogen (secondary N) is 2. The van der Waals surface area contributed by atoms with Gasteiger partial charge in [-0.3, -0.25) is 20.4 Å². The molecule has 2 amide bonds. The first-order chi connectivity index (χ1) is 13.0. The van der Waals surface area contributed by atoms with Gasteiger partial charge in [0.2, 0.25) is 0 Å². The summed E-state index contributed by atoms with van der Waals surface area (Å²) in [6.07, 6.45) is -0.761. The summed E-state index contributed by atoms with van der Waals surface area (Å²) in [7, 11) is 0. The maximum Gasteiger partial charge on any atom is 0.289 e. The highest BCUT2D eigenvalue weighted by Gasteiger charge is 2.18. The Morgan fingerprint density at radius 2 is 1.96 bits per heavy atom. The summed E-state index contributed by atoms with van der Waals surface area (Å²) in [6, 6.07) is 7.61. The number of carbonyl (C=O) groups is 2. The molecule has 0 aliphatic rings. The molecule has 0 radical (unpaired) electrons. The van der Waals surface area contributed by atoms with E-state index in [-0.39, 0.29) is 5.69 Å². The monoisotopic (exact) mass is 401 g/mol. The zero-order valence-corrected chi connectivity index (χ0v) is 16.7. The molecule has 27 heavy (non-hydrogen) atoms. The van der Waals surface area contributed by atoms with Crippen LogP contribution in [-0.2, 0) is 4.79 Å². The lowest BCUT2D eigenvalue weighted by Crippen LogP contribution is -2.47. The summed E-state index contributed by atoms with van der Waals surface area (Å²) >= 11 is 2.95. The second-order valence-corrected chi connectivity index (χ2v) is 7.59. The Hall–Kier alpha value is -2.71. The number of nitrogens with zero attached hydrogens (tertiary/aromatic N) is 1. The molecule has 8 heteroatoms. The van der Waals surface area contributed by atoms with Crippen LogP contribution in [0.1, 0.15) is 28.5 Å². The van der Waals surface area contributed by atoms with Crippen LogP contribution in [0.5, 0.6) is 5.75 Å². The third-order valence-corrected chi connectivity index (χ3v) is 5.61. The number of thiophene rings is 1. The van der Waals surface area contributed by atoms with Crippen LogP contribution in [0.15, 0.2) is 40.4 Å². The third kappa shape index (κ3) is 4.53. The highest BCUT2D eigenvalue weighted by atomic mass is 32.1. The quantitative estimate of drug-likeness (QED) is 0.639. The zero-order valence-electron chi connectivity index (χ0n) is 15.1. The van der Waals surface area contributed by atoms with E-state index < -0.39 is 17.9 Å². The van der Waals surface area contributed by atoms with Gasteiger partial charge in [-0.25, -0.2) is 4.98 Å². The minimum absolute atomic E-state index is 0.254. The number of amides is 2. The summed E-state index contributed by atoms with van der Waals surface area (Å²) in [5.74, 6) is -0.276. The van der Waals surface area contributed by atoms with E-state index in [1.165, 1.54) is 11.3 Å². The average molecular weight is 402 g/mol. The van der Waals surface area contributed by atoms with Crippen molar-refractivity contribution in [3.8, 4) is 16.3 Å². The van der Waals surface area contributed by atoms with E-state index in [9.17, 15) is 9.59 Å². The topological polar surface area (TPSA) is 80.3 Å². The van der Waals surface area contributed by atoms with E-state index in [0.29, 0.717) is 5.75 Å². The van der Waals surface area contributed by atoms with Gasteiger partial charge in [-0.1, -0.05) is 12.1 Å². The molecule has 140 valence electrons. The zero-order chi connectivity index (χ0) is 19.4. The van der Waals surface area contributed by atoms with Crippen LogP contribution in [0.2, 0.25) is 0 Å². The summed E-state index contributed by atoms with van der Waals surface area (Å²) in [5, 5.41) is 6.34. The van der Waals surface area contributed by atoms with Crippen LogP contribution in [0.3, 0.4) is 0 Å². The second-order valence-electron chi connectivity index (χ2n) is 5.95. The molecule has 0 aliphatic carbocycles. The van der Waals surface area contributed by atoms with Crippen molar-refractivity contribution in [3.05, 3.63) is 57.2 Å². The first kappa shape index (κ1) is 19.1. The number of hydrogen-bond donors (Lipinski definition) is 2. The molecule has 0 aliphatic heterocycles. The van der Waals surface area contributed by atoms with Crippen molar-refractivity contribution < 1.29 is 14.3 Å². The van der Waals surface area contributed by atoms with Gasteiger partial charge >= 0.3 is 0 Å². The molecule has 3 aromatic rings. The highest BCUT2D eigenvalue weighted by molar-refractivity contribution is 7.14. The van der Waals surface area contributed by atoms with Crippen LogP contribution < -0.4 is 15.6 Å². The second kappa shape index (κ2) is 8.32. The average Bonchev–Trinajstić information content (AvgIpc) is 3.34. The van der Waals surface area contributed by atoms with Gasteiger partial charge in [0.05, 0.1) is 0 Å². The molecule has 2 aromatic heterocycles. The fourth-order valence-electron chi connectivity index (χ4n) is 2.28. The Morgan fingerprint density at radius 1 is 1.15 bits per heavy atom. The van der Waals surface area contributed by atoms with Crippen molar-refractivity contribution in [2.24, 2.45) is 0 Å². The van der Waals surface area contributed by atoms with Gasteiger partial charge < -0.3 is 4.74 Å². The van der Waals surface area contributed by atoms with Crippen LogP contribution in [-0.4, -0.2) is 22.9 Å². The maximum atomic E-state index is 12.2. The SMILES string of the molecule is Cc1cccc(O[C@H](C)C(=O)NNC(=O)c2csc(-c3ccsc3)n2)c1C. The van der Waals surface area contributed by atoms with E-state index in [2.05, 4.69) is 15.8 Å². The van der Waals surface area contributed by atoms with Crippen molar-refractivity contribution >= 4 is 34.5 Å². The molecule has 1 atom stereocenters. The fourth-order valence-corrected chi connectivity index (χ4v) is 3.79. The van der Waals surface area contributed by atoms with Gasteiger partial charge in [-0.15, -0.1) is 11.3 Å².